The highest BCUT2D eigenvalue weighted by Gasteiger charge is 1.95. The van der Waals surface area contributed by atoms with E-state index in [0.717, 1.165) is 18.7 Å². The molecule has 0 aliphatic heterocycles. The summed E-state index contributed by atoms with van der Waals surface area (Å²) in [5, 5.41) is 7.17. The molecule has 0 fully saturated rings. The van der Waals surface area contributed by atoms with Gasteiger partial charge >= 0.3 is 0 Å². The Hall–Kier alpha value is -1.57. The molecule has 20 heavy (non-hydrogen) atoms. The average Bonchev–Trinajstić information content (AvgIpc) is 2.93. The number of anilines is 1. The molecule has 3 N–H and O–H groups in total. The Kier molecular flexibility index (Phi) is 7.06. The highest BCUT2D eigenvalue weighted by atomic mass is 127. The number of nitrogens with zero attached hydrogens (tertiary/aromatic N) is 3. The highest BCUT2D eigenvalue weighted by Crippen LogP contribution is 2.09. The zero-order valence-corrected chi connectivity index (χ0v) is 13.8. The van der Waals surface area contributed by atoms with Gasteiger partial charge in [-0.1, -0.05) is 19.1 Å². The van der Waals surface area contributed by atoms with Gasteiger partial charge in [0.1, 0.15) is 0 Å². The Balaban J connectivity index is 0.00000200. The van der Waals surface area contributed by atoms with E-state index in [0.29, 0.717) is 12.5 Å². The van der Waals surface area contributed by atoms with Crippen molar-refractivity contribution in [2.24, 2.45) is 10.7 Å². The summed E-state index contributed by atoms with van der Waals surface area (Å²) in [7, 11) is 0. The van der Waals surface area contributed by atoms with Crippen LogP contribution in [0.1, 0.15) is 12.5 Å². The minimum absolute atomic E-state index is 0. The number of halogens is 1. The van der Waals surface area contributed by atoms with Gasteiger partial charge in [0.15, 0.2) is 5.96 Å². The van der Waals surface area contributed by atoms with Gasteiger partial charge in [0.2, 0.25) is 0 Å². The molecule has 0 radical (unpaired) electrons. The third-order valence-corrected chi connectivity index (χ3v) is 2.81. The first-order valence-electron chi connectivity index (χ1n) is 6.41. The van der Waals surface area contributed by atoms with Gasteiger partial charge in [-0.3, -0.25) is 9.67 Å². The summed E-state index contributed by atoms with van der Waals surface area (Å²) < 4.78 is 1.83. The van der Waals surface area contributed by atoms with Crippen LogP contribution in [0.5, 0.6) is 0 Å². The van der Waals surface area contributed by atoms with Crippen LogP contribution >= 0.6 is 24.0 Å². The van der Waals surface area contributed by atoms with Crippen LogP contribution in [-0.2, 0) is 13.0 Å². The van der Waals surface area contributed by atoms with E-state index < -0.39 is 0 Å². The molecule has 0 aliphatic carbocycles. The number of nitrogens with one attached hydrogen (secondary N) is 1. The minimum Gasteiger partial charge on any atom is -0.370 e. The van der Waals surface area contributed by atoms with Gasteiger partial charge < -0.3 is 11.1 Å². The molecule has 0 unspecified atom stereocenters. The number of hydrogen-bond donors (Lipinski definition) is 2. The average molecular weight is 385 g/mol. The second-order valence-corrected chi connectivity index (χ2v) is 4.21. The van der Waals surface area contributed by atoms with E-state index in [1.54, 1.807) is 6.20 Å². The van der Waals surface area contributed by atoms with Gasteiger partial charge in [0.05, 0.1) is 13.1 Å². The number of guanidine groups is 1. The third-order valence-electron chi connectivity index (χ3n) is 2.81. The number of rotatable bonds is 5. The summed E-state index contributed by atoms with van der Waals surface area (Å²) in [4.78, 5) is 4.26. The number of nitrogens with two attached hydrogens (primary N) is 1. The van der Waals surface area contributed by atoms with Gasteiger partial charge in [-0.2, -0.15) is 5.10 Å². The van der Waals surface area contributed by atoms with Gasteiger partial charge in [-0.05, 0) is 30.2 Å². The lowest BCUT2D eigenvalue weighted by Gasteiger charge is -2.06. The van der Waals surface area contributed by atoms with Crippen molar-refractivity contribution in [3.05, 3.63) is 48.3 Å². The fraction of sp³-hybridized carbons (Fsp3) is 0.286. The van der Waals surface area contributed by atoms with Crippen LogP contribution in [0.25, 0.3) is 0 Å². The lowest BCUT2D eigenvalue weighted by molar-refractivity contribution is 0.625. The molecule has 1 heterocycles. The van der Waals surface area contributed by atoms with Crippen molar-refractivity contribution in [3.63, 3.8) is 0 Å². The van der Waals surface area contributed by atoms with Crippen molar-refractivity contribution in [2.45, 2.75) is 19.9 Å². The van der Waals surface area contributed by atoms with Crippen molar-refractivity contribution in [3.8, 4) is 0 Å². The maximum atomic E-state index is 5.82. The molecule has 0 bridgehead atoms. The highest BCUT2D eigenvalue weighted by molar-refractivity contribution is 14.0. The first-order valence-corrected chi connectivity index (χ1v) is 6.41. The lowest BCUT2D eigenvalue weighted by Crippen LogP contribution is -2.23. The lowest BCUT2D eigenvalue weighted by atomic mass is 10.1. The number of hydrogen-bond acceptors (Lipinski definition) is 2. The predicted molar refractivity (Wildman–Crippen MR) is 93.6 cm³/mol. The molecule has 2 aromatic rings. The Morgan fingerprint density at radius 3 is 2.70 bits per heavy atom. The predicted octanol–water partition coefficient (Wildman–Crippen LogP) is 2.49. The van der Waals surface area contributed by atoms with E-state index in [1.165, 1.54) is 5.56 Å². The van der Waals surface area contributed by atoms with Crippen molar-refractivity contribution in [2.75, 3.05) is 11.9 Å². The molecule has 0 atom stereocenters. The molecule has 0 amide bonds. The molecule has 108 valence electrons. The van der Waals surface area contributed by atoms with Crippen LogP contribution < -0.4 is 11.1 Å². The zero-order chi connectivity index (χ0) is 13.5. The fourth-order valence-electron chi connectivity index (χ4n) is 1.72. The third kappa shape index (κ3) is 5.20. The number of aryl methyl sites for hydroxylation is 1. The van der Waals surface area contributed by atoms with E-state index in [-0.39, 0.29) is 24.0 Å². The van der Waals surface area contributed by atoms with Crippen LogP contribution in [0.15, 0.2) is 47.7 Å². The van der Waals surface area contributed by atoms with Crippen molar-refractivity contribution >= 4 is 35.6 Å². The van der Waals surface area contributed by atoms with Crippen molar-refractivity contribution < 1.29 is 0 Å². The Bertz CT molecular complexity index is 519. The van der Waals surface area contributed by atoms with Crippen LogP contribution in [-0.4, -0.2) is 22.3 Å². The summed E-state index contributed by atoms with van der Waals surface area (Å²) in [6.45, 7) is 3.46. The van der Waals surface area contributed by atoms with Crippen molar-refractivity contribution in [1.29, 1.82) is 0 Å². The Labute approximate surface area is 136 Å². The first-order chi connectivity index (χ1) is 9.28. The second kappa shape index (κ2) is 8.57. The van der Waals surface area contributed by atoms with E-state index in [1.807, 2.05) is 29.1 Å². The van der Waals surface area contributed by atoms with E-state index in [2.05, 4.69) is 34.5 Å². The molecule has 6 heteroatoms. The zero-order valence-electron chi connectivity index (χ0n) is 11.5. The van der Waals surface area contributed by atoms with E-state index >= 15 is 0 Å². The summed E-state index contributed by atoms with van der Waals surface area (Å²) in [6.07, 6.45) is 4.69. The molecule has 0 spiro atoms. The van der Waals surface area contributed by atoms with Crippen LogP contribution in [0, 0.1) is 0 Å². The van der Waals surface area contributed by atoms with E-state index in [4.69, 9.17) is 5.73 Å². The number of benzene rings is 1. The molecular formula is C14H20IN5. The quantitative estimate of drug-likeness (QED) is 0.472. The second-order valence-electron chi connectivity index (χ2n) is 4.21. The fourth-order valence-corrected chi connectivity index (χ4v) is 1.72. The summed E-state index contributed by atoms with van der Waals surface area (Å²) >= 11 is 0. The maximum absolute atomic E-state index is 5.82. The minimum atomic E-state index is 0. The molecular weight excluding hydrogens is 365 g/mol. The van der Waals surface area contributed by atoms with Gasteiger partial charge in [-0.15, -0.1) is 24.0 Å². The summed E-state index contributed by atoms with van der Waals surface area (Å²) in [5.74, 6) is 0.427. The van der Waals surface area contributed by atoms with E-state index in [9.17, 15) is 0 Å². The molecule has 1 aromatic heterocycles. The molecule has 2 rings (SSSR count). The number of aromatic nitrogens is 2. The van der Waals surface area contributed by atoms with Gasteiger partial charge in [0.25, 0.3) is 0 Å². The largest absolute Gasteiger partial charge is 0.370 e. The smallest absolute Gasteiger partial charge is 0.193 e. The monoisotopic (exact) mass is 385 g/mol. The summed E-state index contributed by atoms with van der Waals surface area (Å²) in [5.41, 5.74) is 8.09. The first kappa shape index (κ1) is 16.5. The molecule has 0 saturated heterocycles. The van der Waals surface area contributed by atoms with Gasteiger partial charge in [-0.25, -0.2) is 0 Å². The SMILES string of the molecule is CCc1ccc(NC(N)=NCCn2cccn2)cc1.I. The molecule has 5 nitrogen and oxygen atoms in total. The normalized spacial score (nSPS) is 10.9. The van der Waals surface area contributed by atoms with Crippen molar-refractivity contribution in [1.82, 2.24) is 9.78 Å². The molecule has 0 aliphatic rings. The Morgan fingerprint density at radius 2 is 2.10 bits per heavy atom. The number of aliphatic imine (C=N–C) groups is 1. The molecule has 1 aromatic carbocycles. The van der Waals surface area contributed by atoms with Crippen LogP contribution in [0.3, 0.4) is 0 Å². The molecule has 0 saturated carbocycles. The van der Waals surface area contributed by atoms with Gasteiger partial charge in [0, 0.05) is 18.1 Å². The Morgan fingerprint density at radius 1 is 1.35 bits per heavy atom. The summed E-state index contributed by atoms with van der Waals surface area (Å²) in [6, 6.07) is 10.1. The maximum Gasteiger partial charge on any atom is 0.193 e. The topological polar surface area (TPSA) is 68.2 Å². The standard InChI is InChI=1S/C14H19N5.HI/c1-2-12-4-6-13(7-5-12)18-14(15)16-9-11-19-10-3-8-17-19;/h3-8,10H,2,9,11H2,1H3,(H3,15,16,18);1H. The van der Waals surface area contributed by atoms with Crippen LogP contribution in [0.2, 0.25) is 0 Å². The van der Waals surface area contributed by atoms with Crippen LogP contribution in [0.4, 0.5) is 5.69 Å².